The molecular weight excluding hydrogens is 673 g/mol. The summed E-state index contributed by atoms with van der Waals surface area (Å²) < 4.78 is 147. The maximum atomic E-state index is 8.98. The van der Waals surface area contributed by atoms with Gasteiger partial charge in [0.1, 0.15) is 17.3 Å². The normalized spacial score (nSPS) is 16.1. The van der Waals surface area contributed by atoms with Gasteiger partial charge in [-0.15, -0.1) is 0 Å². The zero-order valence-corrected chi connectivity index (χ0v) is 28.7. The highest BCUT2D eigenvalue weighted by Crippen LogP contribution is 2.37. The molecule has 0 bridgehead atoms. The molecule has 55 heavy (non-hydrogen) atoms. The Bertz CT molecular complexity index is 3710. The van der Waals surface area contributed by atoms with E-state index in [-0.39, 0.29) is 44.9 Å². The fraction of sp³-hybridized carbons (Fsp3) is 0.0400. The summed E-state index contributed by atoms with van der Waals surface area (Å²) in [5, 5.41) is 1.55. The fourth-order valence-electron chi connectivity index (χ4n) is 7.07. The molecule has 0 N–H and O–H groups in total. The third-order valence-electron chi connectivity index (χ3n) is 9.40. The van der Waals surface area contributed by atoms with E-state index in [4.69, 9.17) is 26.7 Å². The fourth-order valence-corrected chi connectivity index (χ4v) is 7.07. The zero-order valence-electron chi connectivity index (χ0n) is 44.7. The summed E-state index contributed by atoms with van der Waals surface area (Å²) in [7, 11) is 0. The predicted molar refractivity (Wildman–Crippen MR) is 223 cm³/mol. The average Bonchev–Trinajstić information content (AvgIpc) is 3.89. The molecule has 0 aliphatic rings. The molecule has 0 atom stereocenters. The molecule has 0 saturated carbocycles. The lowest BCUT2D eigenvalue weighted by atomic mass is 9.95. The van der Waals surface area contributed by atoms with Crippen molar-refractivity contribution >= 4 is 32.8 Å². The van der Waals surface area contributed by atoms with E-state index in [1.807, 2.05) is 36.4 Å². The van der Waals surface area contributed by atoms with E-state index < -0.39 is 74.1 Å². The van der Waals surface area contributed by atoms with E-state index in [9.17, 15) is 0 Å². The van der Waals surface area contributed by atoms with Gasteiger partial charge in [-0.05, 0) is 83.5 Å². The molecule has 0 saturated heterocycles. The van der Waals surface area contributed by atoms with E-state index in [0.717, 1.165) is 16.8 Å². The van der Waals surface area contributed by atoms with E-state index in [0.29, 0.717) is 39.3 Å². The minimum Gasteiger partial charge on any atom is -0.458 e. The van der Waals surface area contributed by atoms with Gasteiger partial charge in [0.15, 0.2) is 0 Å². The Kier molecular flexibility index (Phi) is 4.77. The van der Waals surface area contributed by atoms with E-state index in [2.05, 4.69) is 11.3 Å². The second-order valence-electron chi connectivity index (χ2n) is 12.7. The van der Waals surface area contributed by atoms with Crippen molar-refractivity contribution in [1.82, 2.24) is 14.1 Å². The average molecular weight is 725 g/mol. The van der Waals surface area contributed by atoms with Crippen LogP contribution < -0.4 is 9.30 Å². The van der Waals surface area contributed by atoms with Gasteiger partial charge in [0.2, 0.25) is 0 Å². The van der Waals surface area contributed by atoms with Crippen LogP contribution >= 0.6 is 0 Å². The van der Waals surface area contributed by atoms with Crippen LogP contribution in [-0.2, 0) is 0 Å². The van der Waals surface area contributed by atoms with E-state index in [1.54, 1.807) is 80.4 Å². The standard InChI is InChI=1S/C50H36N4O/c1-34-29-35(2)50(51-32-34)54-45-24-10-9-21-43(45)44-28-27-40(31-48(44)54)55-39-20-13-19-38(30-39)52-33-53(47-26-12-11-25-46(47)52)49-41(36-15-5-3-6-16-36)22-14-23-42(49)37-17-7-4-8-18-37/h3-32H,1-2H3/i1D3,2D3,3D,4D,5D,6D,7D,8D,15D,16D,17D,18D. The number of fused-ring (bicyclic) bond motifs is 4. The van der Waals surface area contributed by atoms with Crippen LogP contribution in [0.1, 0.15) is 33.1 Å². The lowest BCUT2D eigenvalue weighted by Gasteiger charge is -2.17. The summed E-state index contributed by atoms with van der Waals surface area (Å²) in [6, 6.07) is 27.1. The van der Waals surface area contributed by atoms with Crippen LogP contribution in [0.3, 0.4) is 0 Å². The van der Waals surface area contributed by atoms with Gasteiger partial charge < -0.3 is 4.74 Å². The smallest absolute Gasteiger partial charge is 0.269 e. The molecule has 7 aromatic carbocycles. The maximum Gasteiger partial charge on any atom is 0.269 e. The molecule has 5 heteroatoms. The molecular formula is C50H36N4O. The number of ether oxygens (including phenoxy) is 1. The van der Waals surface area contributed by atoms with E-state index in [1.165, 1.54) is 12.3 Å². The van der Waals surface area contributed by atoms with Crippen LogP contribution in [0.15, 0.2) is 182 Å². The Morgan fingerprint density at radius 3 is 2.09 bits per heavy atom. The second kappa shape index (κ2) is 13.3. The van der Waals surface area contributed by atoms with Crippen LogP contribution in [0.5, 0.6) is 11.5 Å². The molecule has 0 radical (unpaired) electrons. The molecule has 0 amide bonds. The van der Waals surface area contributed by atoms with Crippen LogP contribution in [0.25, 0.3) is 72.3 Å². The minimum atomic E-state index is -2.73. The molecule has 10 rings (SSSR count). The van der Waals surface area contributed by atoms with Crippen molar-refractivity contribution in [3.05, 3.63) is 199 Å². The van der Waals surface area contributed by atoms with Gasteiger partial charge in [-0.3, -0.25) is 13.7 Å². The van der Waals surface area contributed by atoms with Gasteiger partial charge in [-0.2, -0.15) is 0 Å². The molecule has 3 heterocycles. The monoisotopic (exact) mass is 724 g/mol. The number of aromatic nitrogens is 4. The van der Waals surface area contributed by atoms with Crippen LogP contribution in [0, 0.1) is 20.0 Å². The number of imidazole rings is 1. The maximum absolute atomic E-state index is 8.98. The number of hydrogen-bond acceptors (Lipinski definition) is 2. The lowest BCUT2D eigenvalue weighted by molar-refractivity contribution is -0.571. The number of rotatable bonds is 7. The molecule has 0 spiro atoms. The van der Waals surface area contributed by atoms with Crippen molar-refractivity contribution in [3.63, 3.8) is 0 Å². The van der Waals surface area contributed by atoms with Gasteiger partial charge in [0.05, 0.1) is 47.1 Å². The Hall–Kier alpha value is -7.24. The van der Waals surface area contributed by atoms with Crippen molar-refractivity contribution in [3.8, 4) is 50.9 Å². The first-order valence-corrected chi connectivity index (χ1v) is 17.2. The number of hydrogen-bond donors (Lipinski definition) is 0. The minimum absolute atomic E-state index is 0.0366. The molecule has 10 aromatic rings. The Morgan fingerprint density at radius 1 is 0.636 bits per heavy atom. The molecule has 0 aliphatic heterocycles. The third kappa shape index (κ3) is 5.65. The molecule has 3 aromatic heterocycles. The Morgan fingerprint density at radius 2 is 1.33 bits per heavy atom. The Balaban J connectivity index is 1.15. The number of pyridine rings is 1. The first-order valence-electron chi connectivity index (χ1n) is 25.2. The van der Waals surface area contributed by atoms with Gasteiger partial charge in [0, 0.05) is 31.3 Å². The predicted octanol–water partition coefficient (Wildman–Crippen LogP) is 11.9. The molecule has 5 nitrogen and oxygen atoms in total. The third-order valence-corrected chi connectivity index (χ3v) is 9.40. The summed E-state index contributed by atoms with van der Waals surface area (Å²) in [5.74, 6) is 0.764. The molecule has 0 fully saturated rings. The summed E-state index contributed by atoms with van der Waals surface area (Å²) in [4.78, 5) is 4.45. The van der Waals surface area contributed by atoms with Crippen LogP contribution in [0.2, 0.25) is 0 Å². The van der Waals surface area contributed by atoms with Crippen molar-refractivity contribution in [2.24, 2.45) is 0 Å². The first-order chi connectivity index (χ1) is 33.7. The van der Waals surface area contributed by atoms with E-state index >= 15 is 0 Å². The highest BCUT2D eigenvalue weighted by Gasteiger charge is 2.20. The quantitative estimate of drug-likeness (QED) is 0.121. The number of nitrogens with zero attached hydrogens (tertiary/aromatic N) is 4. The first kappa shape index (κ1) is 19.7. The largest absolute Gasteiger partial charge is 0.458 e. The highest BCUT2D eigenvalue weighted by molar-refractivity contribution is 6.09. The van der Waals surface area contributed by atoms with Crippen molar-refractivity contribution in [2.45, 2.75) is 13.7 Å². The lowest BCUT2D eigenvalue weighted by Crippen LogP contribution is -2.31. The van der Waals surface area contributed by atoms with Crippen LogP contribution in [-0.4, -0.2) is 14.1 Å². The van der Waals surface area contributed by atoms with Gasteiger partial charge in [-0.1, -0.05) is 133 Å². The Labute approximate surface area is 342 Å². The van der Waals surface area contributed by atoms with Crippen molar-refractivity contribution in [1.29, 1.82) is 0 Å². The van der Waals surface area contributed by atoms with Gasteiger partial charge in [-0.25, -0.2) is 4.98 Å². The zero-order chi connectivity index (χ0) is 50.6. The van der Waals surface area contributed by atoms with Crippen molar-refractivity contribution < 1.29 is 31.2 Å². The number of para-hydroxylation sites is 4. The highest BCUT2D eigenvalue weighted by atomic mass is 16.5. The molecule has 0 unspecified atom stereocenters. The van der Waals surface area contributed by atoms with Gasteiger partial charge >= 0.3 is 0 Å². The number of benzene rings is 7. The SMILES string of the molecule is [2H]c1c([2H])c([2H])c(-c2cccc(-c3c([2H])c([2H])c([2H])c([2H])c3[2H])c2-[n+]2[c-]n(-c3cccc(Oc4ccc5c6ccccc6n(-c6ncc(C([2H])([2H])[2H])cc6C([2H])([2H])[2H])c5c4)c3)c3ccccc32)c([2H])c1[2H]. The second-order valence-corrected chi connectivity index (χ2v) is 12.7. The number of aryl methyl sites for hydroxylation is 2. The summed E-state index contributed by atoms with van der Waals surface area (Å²) in [6.07, 6.45) is 4.54. The summed E-state index contributed by atoms with van der Waals surface area (Å²) >= 11 is 0. The van der Waals surface area contributed by atoms with Gasteiger partial charge in [0.25, 0.3) is 6.33 Å². The van der Waals surface area contributed by atoms with Crippen LogP contribution in [0.4, 0.5) is 0 Å². The summed E-state index contributed by atoms with van der Waals surface area (Å²) in [6.45, 7) is -5.32. The molecule has 0 aliphatic carbocycles. The molecule has 262 valence electrons. The topological polar surface area (TPSA) is 35.9 Å². The summed E-state index contributed by atoms with van der Waals surface area (Å²) in [5.41, 5.74) is 2.29. The van der Waals surface area contributed by atoms with Crippen molar-refractivity contribution in [2.75, 3.05) is 0 Å².